The van der Waals surface area contributed by atoms with Crippen molar-refractivity contribution in [1.82, 2.24) is 24.6 Å². The minimum absolute atomic E-state index is 0.0462. The second kappa shape index (κ2) is 13.7. The molecule has 0 aliphatic heterocycles. The lowest BCUT2D eigenvalue weighted by atomic mass is 10.0. The van der Waals surface area contributed by atoms with E-state index in [-0.39, 0.29) is 17.8 Å². The number of urea groups is 1. The van der Waals surface area contributed by atoms with Crippen molar-refractivity contribution in [2.75, 3.05) is 0 Å². The number of aromatic nitrogens is 4. The van der Waals surface area contributed by atoms with Crippen LogP contribution in [-0.4, -0.2) is 37.8 Å². The van der Waals surface area contributed by atoms with Crippen molar-refractivity contribution in [3.63, 3.8) is 0 Å². The Labute approximate surface area is 269 Å². The number of hydrogen-bond donors (Lipinski definition) is 1. The molecule has 2 amide bonds. The molecule has 0 spiro atoms. The van der Waals surface area contributed by atoms with E-state index in [0.717, 1.165) is 52.9 Å². The number of rotatable bonds is 9. The molecule has 0 aliphatic carbocycles. The highest BCUT2D eigenvalue weighted by atomic mass is 32.1. The van der Waals surface area contributed by atoms with Crippen molar-refractivity contribution in [2.45, 2.75) is 66.3 Å². The van der Waals surface area contributed by atoms with Crippen LogP contribution in [0.3, 0.4) is 0 Å². The molecule has 46 heavy (non-hydrogen) atoms. The highest BCUT2D eigenvalue weighted by Crippen LogP contribution is 2.25. The molecule has 1 unspecified atom stereocenters. The van der Waals surface area contributed by atoms with Gasteiger partial charge in [0, 0.05) is 22.7 Å². The van der Waals surface area contributed by atoms with Crippen LogP contribution in [0, 0.1) is 27.7 Å². The highest BCUT2D eigenvalue weighted by Gasteiger charge is 2.31. The third-order valence-electron chi connectivity index (χ3n) is 7.45. The van der Waals surface area contributed by atoms with Crippen LogP contribution in [0.1, 0.15) is 47.7 Å². The number of amides is 2. The Morgan fingerprint density at radius 1 is 1.02 bits per heavy atom. The summed E-state index contributed by atoms with van der Waals surface area (Å²) < 4.78 is 44.7. The van der Waals surface area contributed by atoms with Gasteiger partial charge in [0.2, 0.25) is 0 Å². The maximum absolute atomic E-state index is 12.9. The van der Waals surface area contributed by atoms with Gasteiger partial charge in [-0.3, -0.25) is 4.57 Å². The number of nitrogens with zero attached hydrogens (tertiary/aromatic N) is 5. The van der Waals surface area contributed by atoms with Crippen molar-refractivity contribution in [3.8, 4) is 28.5 Å². The summed E-state index contributed by atoms with van der Waals surface area (Å²) >= 11 is 1.45. The lowest BCUT2D eigenvalue weighted by Crippen LogP contribution is -2.32. The van der Waals surface area contributed by atoms with Gasteiger partial charge in [0.1, 0.15) is 12.1 Å². The molecular formula is C34H35F3N6O2S. The molecule has 0 saturated heterocycles. The number of benzene rings is 3. The number of carbonyl (C=O) groups excluding carboxylic acids is 1. The number of ether oxygens (including phenoxy) is 1. The van der Waals surface area contributed by atoms with Crippen molar-refractivity contribution in [2.24, 2.45) is 4.99 Å². The molecule has 2 heterocycles. The normalized spacial score (nSPS) is 12.7. The molecule has 0 bridgehead atoms. The van der Waals surface area contributed by atoms with Crippen LogP contribution < -0.4 is 14.9 Å². The van der Waals surface area contributed by atoms with E-state index < -0.39 is 6.36 Å². The lowest BCUT2D eigenvalue weighted by molar-refractivity contribution is -0.274. The third-order valence-corrected chi connectivity index (χ3v) is 8.39. The predicted octanol–water partition coefficient (Wildman–Crippen LogP) is 7.94. The topological polar surface area (TPSA) is 86.3 Å². The largest absolute Gasteiger partial charge is 0.573 e. The first-order valence-electron chi connectivity index (χ1n) is 14.8. The highest BCUT2D eigenvalue weighted by molar-refractivity contribution is 7.07. The zero-order valence-corrected chi connectivity index (χ0v) is 27.0. The van der Waals surface area contributed by atoms with Gasteiger partial charge in [-0.15, -0.1) is 29.6 Å². The van der Waals surface area contributed by atoms with Gasteiger partial charge in [-0.1, -0.05) is 42.0 Å². The zero-order valence-electron chi connectivity index (χ0n) is 26.2. The molecule has 0 fully saturated rings. The van der Waals surface area contributed by atoms with Crippen LogP contribution in [0.2, 0.25) is 0 Å². The van der Waals surface area contributed by atoms with E-state index in [0.29, 0.717) is 16.3 Å². The van der Waals surface area contributed by atoms with Crippen molar-refractivity contribution in [1.29, 1.82) is 0 Å². The minimum Gasteiger partial charge on any atom is -0.406 e. The maximum Gasteiger partial charge on any atom is 0.573 e. The maximum atomic E-state index is 12.9. The smallest absolute Gasteiger partial charge is 0.406 e. The van der Waals surface area contributed by atoms with Gasteiger partial charge in [-0.25, -0.2) is 14.5 Å². The minimum atomic E-state index is -4.74. The summed E-state index contributed by atoms with van der Waals surface area (Å²) in [7, 11) is 0. The van der Waals surface area contributed by atoms with Crippen LogP contribution in [0.4, 0.5) is 18.0 Å². The second-order valence-electron chi connectivity index (χ2n) is 11.3. The quantitative estimate of drug-likeness (QED) is 0.176. The van der Waals surface area contributed by atoms with Crippen molar-refractivity contribution >= 4 is 17.4 Å². The average molecular weight is 649 g/mol. The fraction of sp³-hybridized carbons (Fsp3) is 0.294. The van der Waals surface area contributed by atoms with Gasteiger partial charge in [0.15, 0.2) is 10.6 Å². The second-order valence-corrected chi connectivity index (χ2v) is 12.2. The Morgan fingerprint density at radius 3 is 2.35 bits per heavy atom. The van der Waals surface area contributed by atoms with Crippen LogP contribution >= 0.6 is 11.3 Å². The van der Waals surface area contributed by atoms with Gasteiger partial charge < -0.3 is 10.1 Å². The number of nitrogens with one attached hydrogen (secondary N) is 1. The van der Waals surface area contributed by atoms with Gasteiger partial charge in [0.25, 0.3) is 0 Å². The Hall–Kier alpha value is -4.71. The molecule has 8 nitrogen and oxygen atoms in total. The fourth-order valence-corrected chi connectivity index (χ4v) is 6.28. The standard InChI is InChI=1S/C34H35F3N6O2S/c1-21-17-22(2)30(23(3)18-21)43-25(5)19-46-33(43)40-32(44)39-24(4)7-6-8-26-9-11-27(12-10-26)31-38-20-42(41-31)28-13-15-29(16-14-28)45-34(35,36)37/h9-20,24H,6-8H2,1-5H3,(H,39,44)/b40-33-. The predicted molar refractivity (Wildman–Crippen MR) is 173 cm³/mol. The first-order valence-corrected chi connectivity index (χ1v) is 15.7. The summed E-state index contributed by atoms with van der Waals surface area (Å²) in [5.41, 5.74) is 8.09. The summed E-state index contributed by atoms with van der Waals surface area (Å²) in [6, 6.07) is 17.2. The lowest BCUT2D eigenvalue weighted by Gasteiger charge is -2.15. The first kappa shape index (κ1) is 32.7. The number of aryl methyl sites for hydroxylation is 5. The molecule has 1 atom stereocenters. The van der Waals surface area contributed by atoms with Gasteiger partial charge in [-0.05, 0) is 94.8 Å². The fourth-order valence-electron chi connectivity index (χ4n) is 5.42. The first-order chi connectivity index (χ1) is 21.9. The Bertz CT molecular complexity index is 1870. The van der Waals surface area contributed by atoms with Gasteiger partial charge in [-0.2, -0.15) is 4.99 Å². The molecule has 5 rings (SSSR count). The van der Waals surface area contributed by atoms with E-state index in [1.54, 1.807) is 0 Å². The van der Waals surface area contributed by atoms with E-state index in [1.807, 2.05) is 43.5 Å². The zero-order chi connectivity index (χ0) is 33.0. The number of carbonyl (C=O) groups is 1. The number of thiazole rings is 1. The van der Waals surface area contributed by atoms with Crippen LogP contribution in [0.15, 0.2) is 77.4 Å². The summed E-state index contributed by atoms with van der Waals surface area (Å²) in [6.07, 6.45) is -0.729. The molecule has 2 aromatic heterocycles. The number of halogens is 3. The van der Waals surface area contributed by atoms with Crippen molar-refractivity contribution < 1.29 is 22.7 Å². The third kappa shape index (κ3) is 8.11. The molecule has 0 saturated carbocycles. The SMILES string of the molecule is Cc1cc(C)c(-n2c(C)cs/c2=N\C(=O)NC(C)CCCc2ccc(-c3ncn(-c4ccc(OC(F)(F)F)cc4)n3)cc2)c(C)c1. The molecule has 240 valence electrons. The molecule has 3 aromatic carbocycles. The van der Waals surface area contributed by atoms with E-state index in [9.17, 15) is 18.0 Å². The Balaban J connectivity index is 1.14. The summed E-state index contributed by atoms with van der Waals surface area (Å²) in [6.45, 7) is 10.2. The number of alkyl halides is 3. The summed E-state index contributed by atoms with van der Waals surface area (Å²) in [4.78, 5) is 22.3. The van der Waals surface area contributed by atoms with E-state index in [2.05, 4.69) is 62.6 Å². The average Bonchev–Trinajstić information content (AvgIpc) is 3.60. The monoisotopic (exact) mass is 648 g/mol. The Morgan fingerprint density at radius 2 is 1.70 bits per heavy atom. The van der Waals surface area contributed by atoms with Crippen LogP contribution in [-0.2, 0) is 6.42 Å². The molecular weight excluding hydrogens is 613 g/mol. The van der Waals surface area contributed by atoms with Crippen LogP contribution in [0.25, 0.3) is 22.8 Å². The van der Waals surface area contributed by atoms with Crippen LogP contribution in [0.5, 0.6) is 5.75 Å². The van der Waals surface area contributed by atoms with Gasteiger partial charge >= 0.3 is 12.4 Å². The number of hydrogen-bond acceptors (Lipinski definition) is 5. The molecule has 1 N–H and O–H groups in total. The summed E-state index contributed by atoms with van der Waals surface area (Å²) in [5.74, 6) is 0.196. The molecule has 0 radical (unpaired) electrons. The van der Waals surface area contributed by atoms with Crippen molar-refractivity contribution in [3.05, 3.63) is 105 Å². The molecule has 5 aromatic rings. The summed E-state index contributed by atoms with van der Waals surface area (Å²) in [5, 5.41) is 9.48. The van der Waals surface area contributed by atoms with Gasteiger partial charge in [0.05, 0.1) is 11.4 Å². The molecule has 12 heteroatoms. The Kier molecular flexibility index (Phi) is 9.76. The van der Waals surface area contributed by atoms with E-state index >= 15 is 0 Å². The van der Waals surface area contributed by atoms with E-state index in [4.69, 9.17) is 0 Å². The van der Waals surface area contributed by atoms with E-state index in [1.165, 1.54) is 52.2 Å². The molecule has 0 aliphatic rings.